The molecule has 6 rings (SSSR count). The number of fused-ring (bicyclic) bond motifs is 4. The van der Waals surface area contributed by atoms with Crippen LogP contribution in [0.2, 0.25) is 5.02 Å². The number of rotatable bonds is 6. The fourth-order valence-corrected chi connectivity index (χ4v) is 4.84. The molecule has 0 radical (unpaired) electrons. The van der Waals surface area contributed by atoms with Crippen LogP contribution in [0.3, 0.4) is 0 Å². The highest BCUT2D eigenvalue weighted by Crippen LogP contribution is 2.38. The minimum absolute atomic E-state index is 0.256. The smallest absolute Gasteiger partial charge is 0.229 e. The van der Waals surface area contributed by atoms with Crippen molar-refractivity contribution in [2.75, 3.05) is 17.1 Å². The third-order valence-corrected chi connectivity index (χ3v) is 6.65. The standard InChI is InChI=1S/C23H20ClN7OS/c1-25-23-27-10-12-8-16-15-4-3-5-17(19(15)31(2)21(16)28-20(12)29-23)30-33-18-9-13(24)11-26-22(18)32-14-6-7-14/h3-5,8-11,14,30H,6-7H2,1-2H3,(H,25,27,28,29). The maximum atomic E-state index is 6.21. The van der Waals surface area contributed by atoms with E-state index >= 15 is 0 Å². The molecule has 4 aromatic heterocycles. The maximum Gasteiger partial charge on any atom is 0.229 e. The lowest BCUT2D eigenvalue weighted by atomic mass is 10.1. The van der Waals surface area contributed by atoms with Gasteiger partial charge >= 0.3 is 0 Å². The zero-order valence-electron chi connectivity index (χ0n) is 18.0. The number of aromatic nitrogens is 5. The van der Waals surface area contributed by atoms with Gasteiger partial charge in [0.1, 0.15) is 11.8 Å². The van der Waals surface area contributed by atoms with Crippen LogP contribution >= 0.6 is 23.5 Å². The second-order valence-corrected chi connectivity index (χ2v) is 9.24. The number of nitrogens with one attached hydrogen (secondary N) is 2. The monoisotopic (exact) mass is 477 g/mol. The van der Waals surface area contributed by atoms with Gasteiger partial charge in [0.15, 0.2) is 5.65 Å². The molecule has 1 aliphatic rings. The van der Waals surface area contributed by atoms with Crippen molar-refractivity contribution < 1.29 is 4.74 Å². The largest absolute Gasteiger partial charge is 0.474 e. The molecule has 2 N–H and O–H groups in total. The summed E-state index contributed by atoms with van der Waals surface area (Å²) in [5.74, 6) is 1.15. The van der Waals surface area contributed by atoms with E-state index in [1.54, 1.807) is 19.4 Å². The molecule has 166 valence electrons. The summed E-state index contributed by atoms with van der Waals surface area (Å²) < 4.78 is 11.5. The molecule has 1 aromatic carbocycles. The highest BCUT2D eigenvalue weighted by molar-refractivity contribution is 8.00. The number of benzene rings is 1. The first-order valence-electron chi connectivity index (χ1n) is 10.6. The van der Waals surface area contributed by atoms with Gasteiger partial charge in [-0.2, -0.15) is 4.98 Å². The zero-order chi connectivity index (χ0) is 22.5. The van der Waals surface area contributed by atoms with E-state index in [0.29, 0.717) is 22.5 Å². The summed E-state index contributed by atoms with van der Waals surface area (Å²) in [7, 11) is 3.81. The maximum absolute atomic E-state index is 6.21. The van der Waals surface area contributed by atoms with E-state index in [4.69, 9.17) is 21.3 Å². The van der Waals surface area contributed by atoms with Gasteiger partial charge in [-0.25, -0.2) is 15.0 Å². The molecule has 0 aliphatic heterocycles. The van der Waals surface area contributed by atoms with Crippen LogP contribution in [0.15, 0.2) is 47.6 Å². The van der Waals surface area contributed by atoms with Crippen molar-refractivity contribution in [3.8, 4) is 5.88 Å². The molecule has 5 aromatic rings. The van der Waals surface area contributed by atoms with E-state index in [0.717, 1.165) is 50.7 Å². The van der Waals surface area contributed by atoms with Gasteiger partial charge in [-0.15, -0.1) is 0 Å². The quantitative estimate of drug-likeness (QED) is 0.313. The van der Waals surface area contributed by atoms with Crippen molar-refractivity contribution in [1.82, 2.24) is 24.5 Å². The second kappa shape index (κ2) is 7.93. The lowest BCUT2D eigenvalue weighted by Crippen LogP contribution is -2.01. The van der Waals surface area contributed by atoms with Crippen LogP contribution in [0.1, 0.15) is 12.8 Å². The first-order valence-corrected chi connectivity index (χ1v) is 11.8. The number of halogens is 1. The number of ether oxygens (including phenoxy) is 1. The number of para-hydroxylation sites is 1. The molecule has 1 aliphatic carbocycles. The van der Waals surface area contributed by atoms with Crippen molar-refractivity contribution in [3.63, 3.8) is 0 Å². The zero-order valence-corrected chi connectivity index (χ0v) is 19.5. The van der Waals surface area contributed by atoms with Crippen LogP contribution in [-0.2, 0) is 7.05 Å². The Morgan fingerprint density at radius 1 is 1.12 bits per heavy atom. The Labute approximate surface area is 198 Å². The van der Waals surface area contributed by atoms with Gasteiger partial charge < -0.3 is 19.3 Å². The van der Waals surface area contributed by atoms with Crippen LogP contribution in [-0.4, -0.2) is 37.7 Å². The predicted octanol–water partition coefficient (Wildman–Crippen LogP) is 5.42. The molecule has 0 saturated heterocycles. The first kappa shape index (κ1) is 20.3. The summed E-state index contributed by atoms with van der Waals surface area (Å²) in [5.41, 5.74) is 3.52. The van der Waals surface area contributed by atoms with E-state index in [2.05, 4.69) is 41.7 Å². The third kappa shape index (κ3) is 3.67. The van der Waals surface area contributed by atoms with Crippen molar-refractivity contribution in [2.45, 2.75) is 23.8 Å². The Morgan fingerprint density at radius 3 is 2.82 bits per heavy atom. The van der Waals surface area contributed by atoms with E-state index in [-0.39, 0.29) is 6.10 Å². The number of nitrogens with zero attached hydrogens (tertiary/aromatic N) is 5. The highest BCUT2D eigenvalue weighted by atomic mass is 35.5. The number of aryl methyl sites for hydroxylation is 1. The Morgan fingerprint density at radius 2 is 2.00 bits per heavy atom. The number of pyridine rings is 2. The molecule has 10 heteroatoms. The predicted molar refractivity (Wildman–Crippen MR) is 133 cm³/mol. The van der Waals surface area contributed by atoms with Gasteiger partial charge in [0.25, 0.3) is 0 Å². The first-order chi connectivity index (χ1) is 16.1. The summed E-state index contributed by atoms with van der Waals surface area (Å²) in [6.45, 7) is 0. The van der Waals surface area contributed by atoms with E-state index < -0.39 is 0 Å². The number of hydrogen-bond acceptors (Lipinski definition) is 8. The fraction of sp³-hybridized carbons (Fsp3) is 0.217. The topological polar surface area (TPSA) is 89.8 Å². The Hall–Kier alpha value is -3.30. The summed E-state index contributed by atoms with van der Waals surface area (Å²) in [4.78, 5) is 18.9. The summed E-state index contributed by atoms with van der Waals surface area (Å²) in [6, 6.07) is 10.2. The second-order valence-electron chi connectivity index (χ2n) is 7.95. The van der Waals surface area contributed by atoms with E-state index in [1.807, 2.05) is 25.2 Å². The lowest BCUT2D eigenvalue weighted by Gasteiger charge is -2.12. The molecule has 4 heterocycles. The fourth-order valence-electron chi connectivity index (χ4n) is 3.86. The van der Waals surface area contributed by atoms with Gasteiger partial charge in [-0.05, 0) is 43.0 Å². The van der Waals surface area contributed by atoms with Crippen LogP contribution in [0.5, 0.6) is 5.88 Å². The molecule has 0 unspecified atom stereocenters. The number of anilines is 2. The van der Waals surface area contributed by atoms with Crippen LogP contribution in [0.25, 0.3) is 33.0 Å². The van der Waals surface area contributed by atoms with Crippen molar-refractivity contribution in [1.29, 1.82) is 0 Å². The average Bonchev–Trinajstić information content (AvgIpc) is 3.61. The molecule has 0 amide bonds. The highest BCUT2D eigenvalue weighted by Gasteiger charge is 2.25. The average molecular weight is 478 g/mol. The molecular weight excluding hydrogens is 458 g/mol. The van der Waals surface area contributed by atoms with Crippen molar-refractivity contribution in [3.05, 3.63) is 47.7 Å². The molecule has 0 atom stereocenters. The normalized spacial score (nSPS) is 13.7. The molecule has 8 nitrogen and oxygen atoms in total. The van der Waals surface area contributed by atoms with Crippen LogP contribution < -0.4 is 14.8 Å². The summed E-state index contributed by atoms with van der Waals surface area (Å²) in [5, 5.41) is 6.59. The SMILES string of the molecule is CNc1ncc2cc3c4cccc(NSc5cc(Cl)cnc5OC5CC5)c4n(C)c3nc2n1. The van der Waals surface area contributed by atoms with Gasteiger partial charge in [-0.3, -0.25) is 0 Å². The Kier molecular flexibility index (Phi) is 4.88. The lowest BCUT2D eigenvalue weighted by molar-refractivity contribution is 0.283. The molecule has 0 bridgehead atoms. The molecular formula is C23H20ClN7OS. The van der Waals surface area contributed by atoms with Crippen LogP contribution in [0, 0.1) is 0 Å². The Balaban J connectivity index is 1.42. The van der Waals surface area contributed by atoms with Crippen LogP contribution in [0.4, 0.5) is 11.6 Å². The minimum atomic E-state index is 0.256. The molecule has 0 spiro atoms. The van der Waals surface area contributed by atoms with Crippen molar-refractivity contribution in [2.24, 2.45) is 7.05 Å². The van der Waals surface area contributed by atoms with Gasteiger partial charge in [0.05, 0.1) is 21.1 Å². The minimum Gasteiger partial charge on any atom is -0.474 e. The number of hydrogen-bond donors (Lipinski definition) is 2. The van der Waals surface area contributed by atoms with Gasteiger partial charge in [-0.1, -0.05) is 23.7 Å². The van der Waals surface area contributed by atoms with Gasteiger partial charge in [0.2, 0.25) is 11.8 Å². The van der Waals surface area contributed by atoms with E-state index in [9.17, 15) is 0 Å². The molecule has 33 heavy (non-hydrogen) atoms. The Bertz CT molecular complexity index is 1530. The van der Waals surface area contributed by atoms with Gasteiger partial charge in [0, 0.05) is 42.6 Å². The molecule has 1 saturated carbocycles. The van der Waals surface area contributed by atoms with Crippen molar-refractivity contribution >= 4 is 68.2 Å². The summed E-state index contributed by atoms with van der Waals surface area (Å²) in [6.07, 6.45) is 5.81. The molecule has 1 fully saturated rings. The summed E-state index contributed by atoms with van der Waals surface area (Å²) >= 11 is 7.65. The van der Waals surface area contributed by atoms with E-state index in [1.165, 1.54) is 11.9 Å². The third-order valence-electron chi connectivity index (χ3n) is 5.61.